The van der Waals surface area contributed by atoms with Gasteiger partial charge in [-0.05, 0) is 18.2 Å². The van der Waals surface area contributed by atoms with Crippen molar-refractivity contribution in [2.24, 2.45) is 0 Å². The van der Waals surface area contributed by atoms with E-state index in [-0.39, 0.29) is 5.82 Å². The van der Waals surface area contributed by atoms with Crippen LogP contribution in [0, 0.1) is 5.82 Å². The molecule has 76 valence electrons. The van der Waals surface area contributed by atoms with Gasteiger partial charge in [0.2, 0.25) is 0 Å². The van der Waals surface area contributed by atoms with Gasteiger partial charge in [0, 0.05) is 18.1 Å². The third kappa shape index (κ3) is 1.99. The zero-order chi connectivity index (χ0) is 9.97. The molecule has 0 spiro atoms. The molecule has 0 aliphatic carbocycles. The molecular formula is C10H11ClFNO. The Morgan fingerprint density at radius 1 is 1.29 bits per heavy atom. The highest BCUT2D eigenvalue weighted by atomic mass is 35.5. The number of nitrogens with zero attached hydrogens (tertiary/aromatic N) is 1. The van der Waals surface area contributed by atoms with E-state index in [1.165, 1.54) is 6.07 Å². The summed E-state index contributed by atoms with van der Waals surface area (Å²) >= 11 is 5.81. The van der Waals surface area contributed by atoms with Crippen LogP contribution < -0.4 is 4.90 Å². The van der Waals surface area contributed by atoms with Crippen LogP contribution in [0.2, 0.25) is 5.02 Å². The molecule has 1 aliphatic rings. The van der Waals surface area contributed by atoms with Gasteiger partial charge in [0.1, 0.15) is 5.82 Å². The van der Waals surface area contributed by atoms with Crippen molar-refractivity contribution in [3.8, 4) is 0 Å². The van der Waals surface area contributed by atoms with E-state index in [0.29, 0.717) is 23.9 Å². The van der Waals surface area contributed by atoms with Gasteiger partial charge in [0.15, 0.2) is 0 Å². The first-order valence-corrected chi connectivity index (χ1v) is 4.93. The van der Waals surface area contributed by atoms with E-state index < -0.39 is 0 Å². The van der Waals surface area contributed by atoms with E-state index in [9.17, 15) is 4.39 Å². The summed E-state index contributed by atoms with van der Waals surface area (Å²) in [4.78, 5) is 1.95. The van der Waals surface area contributed by atoms with E-state index in [1.807, 2.05) is 4.90 Å². The van der Waals surface area contributed by atoms with Crippen molar-refractivity contribution in [2.45, 2.75) is 0 Å². The zero-order valence-corrected chi connectivity index (χ0v) is 8.43. The minimum Gasteiger partial charge on any atom is -0.378 e. The van der Waals surface area contributed by atoms with Crippen LogP contribution in [0.3, 0.4) is 0 Å². The molecule has 1 fully saturated rings. The molecule has 4 heteroatoms. The molecule has 0 unspecified atom stereocenters. The quantitative estimate of drug-likeness (QED) is 0.713. The molecule has 1 aromatic carbocycles. The molecule has 0 radical (unpaired) electrons. The zero-order valence-electron chi connectivity index (χ0n) is 7.67. The molecule has 2 nitrogen and oxygen atoms in total. The van der Waals surface area contributed by atoms with Gasteiger partial charge in [-0.3, -0.25) is 0 Å². The molecule has 1 heterocycles. The summed E-state index contributed by atoms with van der Waals surface area (Å²) in [6.45, 7) is 2.73. The van der Waals surface area contributed by atoms with Crippen LogP contribution in [-0.2, 0) is 4.74 Å². The Hall–Kier alpha value is -0.800. The summed E-state index contributed by atoms with van der Waals surface area (Å²) in [7, 11) is 0. The topological polar surface area (TPSA) is 12.5 Å². The summed E-state index contributed by atoms with van der Waals surface area (Å²) in [5.74, 6) is -0.226. The Labute approximate surface area is 87.2 Å². The molecule has 14 heavy (non-hydrogen) atoms. The van der Waals surface area contributed by atoms with Crippen molar-refractivity contribution in [3.63, 3.8) is 0 Å². The second-order valence-electron chi connectivity index (χ2n) is 3.20. The van der Waals surface area contributed by atoms with Gasteiger partial charge in [0.05, 0.1) is 18.9 Å². The lowest BCUT2D eigenvalue weighted by molar-refractivity contribution is 0.122. The minimum absolute atomic E-state index is 0.226. The average molecular weight is 216 g/mol. The van der Waals surface area contributed by atoms with Crippen LogP contribution >= 0.6 is 11.6 Å². The van der Waals surface area contributed by atoms with Gasteiger partial charge < -0.3 is 9.64 Å². The highest BCUT2D eigenvalue weighted by Crippen LogP contribution is 2.24. The molecule has 0 amide bonds. The number of halogens is 2. The lowest BCUT2D eigenvalue weighted by Gasteiger charge is -2.29. The predicted molar refractivity (Wildman–Crippen MR) is 54.4 cm³/mol. The SMILES string of the molecule is Fc1ccc(Cl)cc1N1CCOCC1. The molecule has 1 aliphatic heterocycles. The monoisotopic (exact) mass is 215 g/mol. The maximum atomic E-state index is 13.4. The van der Waals surface area contributed by atoms with E-state index in [4.69, 9.17) is 16.3 Å². The molecule has 1 saturated heterocycles. The third-order valence-electron chi connectivity index (χ3n) is 2.26. The normalized spacial score (nSPS) is 17.1. The molecule has 0 N–H and O–H groups in total. The second kappa shape index (κ2) is 4.15. The van der Waals surface area contributed by atoms with Crippen molar-refractivity contribution in [1.82, 2.24) is 0 Å². The lowest BCUT2D eigenvalue weighted by atomic mass is 10.2. The maximum Gasteiger partial charge on any atom is 0.146 e. The predicted octanol–water partition coefficient (Wildman–Crippen LogP) is 2.32. The van der Waals surface area contributed by atoms with Gasteiger partial charge in [-0.25, -0.2) is 4.39 Å². The maximum absolute atomic E-state index is 13.4. The largest absolute Gasteiger partial charge is 0.378 e. The van der Waals surface area contributed by atoms with Gasteiger partial charge in [0.25, 0.3) is 0 Å². The first kappa shape index (κ1) is 9.74. The summed E-state index contributed by atoms with van der Waals surface area (Å²) in [6.07, 6.45) is 0. The molecule has 0 aromatic heterocycles. The van der Waals surface area contributed by atoms with Crippen LogP contribution in [0.1, 0.15) is 0 Å². The number of rotatable bonds is 1. The van der Waals surface area contributed by atoms with Gasteiger partial charge in [-0.1, -0.05) is 11.6 Å². The van der Waals surface area contributed by atoms with Crippen molar-refractivity contribution >= 4 is 17.3 Å². The Morgan fingerprint density at radius 3 is 2.71 bits per heavy atom. The van der Waals surface area contributed by atoms with E-state index in [0.717, 1.165) is 13.1 Å². The van der Waals surface area contributed by atoms with Gasteiger partial charge in [-0.15, -0.1) is 0 Å². The Bertz CT molecular complexity index is 326. The van der Waals surface area contributed by atoms with Gasteiger partial charge in [-0.2, -0.15) is 0 Å². The standard InChI is InChI=1S/C10H11ClFNO/c11-8-1-2-9(12)10(7-8)13-3-5-14-6-4-13/h1-2,7H,3-6H2. The molecular weight excluding hydrogens is 205 g/mol. The Kier molecular flexibility index (Phi) is 2.89. The second-order valence-corrected chi connectivity index (χ2v) is 3.63. The van der Waals surface area contributed by atoms with Crippen LogP contribution in [0.15, 0.2) is 18.2 Å². The summed E-state index contributed by atoms with van der Waals surface area (Å²) in [6, 6.07) is 4.61. The number of ether oxygens (including phenoxy) is 1. The summed E-state index contributed by atoms with van der Waals surface area (Å²) in [5.41, 5.74) is 0.570. The average Bonchev–Trinajstić information content (AvgIpc) is 2.23. The van der Waals surface area contributed by atoms with Crippen molar-refractivity contribution in [1.29, 1.82) is 0 Å². The molecule has 0 bridgehead atoms. The fourth-order valence-electron chi connectivity index (χ4n) is 1.53. The lowest BCUT2D eigenvalue weighted by Crippen LogP contribution is -2.36. The first-order chi connectivity index (χ1) is 6.77. The van der Waals surface area contributed by atoms with E-state index in [2.05, 4.69) is 0 Å². The number of hydrogen-bond acceptors (Lipinski definition) is 2. The molecule has 1 aromatic rings. The fourth-order valence-corrected chi connectivity index (χ4v) is 1.70. The molecule has 0 atom stereocenters. The van der Waals surface area contributed by atoms with Crippen molar-refractivity contribution in [2.75, 3.05) is 31.2 Å². The Morgan fingerprint density at radius 2 is 2.00 bits per heavy atom. The van der Waals surface area contributed by atoms with Crippen LogP contribution in [0.5, 0.6) is 0 Å². The molecule has 2 rings (SSSR count). The van der Waals surface area contributed by atoms with Crippen LogP contribution in [0.4, 0.5) is 10.1 Å². The van der Waals surface area contributed by atoms with E-state index >= 15 is 0 Å². The van der Waals surface area contributed by atoms with Gasteiger partial charge >= 0.3 is 0 Å². The fraction of sp³-hybridized carbons (Fsp3) is 0.400. The summed E-state index contributed by atoms with van der Waals surface area (Å²) in [5, 5.41) is 0.563. The van der Waals surface area contributed by atoms with Crippen molar-refractivity contribution in [3.05, 3.63) is 29.0 Å². The highest BCUT2D eigenvalue weighted by Gasteiger charge is 2.14. The first-order valence-electron chi connectivity index (χ1n) is 4.55. The Balaban J connectivity index is 2.24. The number of morpholine rings is 1. The number of benzene rings is 1. The third-order valence-corrected chi connectivity index (χ3v) is 2.50. The van der Waals surface area contributed by atoms with Crippen LogP contribution in [0.25, 0.3) is 0 Å². The van der Waals surface area contributed by atoms with Crippen molar-refractivity contribution < 1.29 is 9.13 Å². The van der Waals surface area contributed by atoms with Crippen LogP contribution in [-0.4, -0.2) is 26.3 Å². The number of hydrogen-bond donors (Lipinski definition) is 0. The smallest absolute Gasteiger partial charge is 0.146 e. The number of anilines is 1. The minimum atomic E-state index is -0.226. The van der Waals surface area contributed by atoms with E-state index in [1.54, 1.807) is 12.1 Å². The summed E-state index contributed by atoms with van der Waals surface area (Å²) < 4.78 is 18.6. The molecule has 0 saturated carbocycles. The highest BCUT2D eigenvalue weighted by molar-refractivity contribution is 6.30.